The molecule has 1 heterocycles. The van der Waals surface area contributed by atoms with Crippen LogP contribution in [0.2, 0.25) is 0 Å². The average Bonchev–Trinajstić information content (AvgIpc) is 3.23. The number of Topliss-reactive ketones (excluding diaryl/α,β-unsaturated/α-hetero) is 1. The monoisotopic (exact) mass is 417 g/mol. The fourth-order valence-electron chi connectivity index (χ4n) is 4.04. The Hall–Kier alpha value is -3.28. The molecule has 0 radical (unpaired) electrons. The van der Waals surface area contributed by atoms with Crippen LogP contribution in [0.5, 0.6) is 0 Å². The second kappa shape index (κ2) is 9.25. The van der Waals surface area contributed by atoms with Gasteiger partial charge in [-0.2, -0.15) is 0 Å². The van der Waals surface area contributed by atoms with Crippen LogP contribution in [0.4, 0.5) is 0 Å². The lowest BCUT2D eigenvalue weighted by molar-refractivity contribution is -0.138. The van der Waals surface area contributed by atoms with Crippen LogP contribution in [0.15, 0.2) is 54.6 Å². The average molecular weight is 418 g/mol. The number of benzene rings is 2. The third kappa shape index (κ3) is 4.74. The molecule has 6 nitrogen and oxygen atoms in total. The highest BCUT2D eigenvalue weighted by molar-refractivity contribution is 6.01. The minimum Gasteiger partial charge on any atom is -0.462 e. The maximum atomic E-state index is 13.4. The van der Waals surface area contributed by atoms with Gasteiger partial charge in [-0.05, 0) is 49.6 Å². The Morgan fingerprint density at radius 2 is 1.74 bits per heavy atom. The van der Waals surface area contributed by atoms with Gasteiger partial charge in [0.1, 0.15) is 11.0 Å². The van der Waals surface area contributed by atoms with E-state index in [4.69, 9.17) is 4.74 Å². The predicted molar refractivity (Wildman–Crippen MR) is 119 cm³/mol. The molecule has 0 amide bonds. The van der Waals surface area contributed by atoms with E-state index >= 15 is 0 Å². The number of aromatic nitrogens is 3. The van der Waals surface area contributed by atoms with Gasteiger partial charge in [0.15, 0.2) is 5.78 Å². The van der Waals surface area contributed by atoms with E-state index in [1.165, 1.54) is 6.42 Å². The van der Waals surface area contributed by atoms with E-state index < -0.39 is 5.97 Å². The van der Waals surface area contributed by atoms with Crippen molar-refractivity contribution in [1.82, 2.24) is 15.0 Å². The number of fused-ring (bicyclic) bond motifs is 1. The first-order valence-corrected chi connectivity index (χ1v) is 10.8. The lowest BCUT2D eigenvalue weighted by Crippen LogP contribution is -2.20. The number of esters is 1. The van der Waals surface area contributed by atoms with Gasteiger partial charge in [-0.1, -0.05) is 44.0 Å². The number of nitrogens with zero attached hydrogens (tertiary/aromatic N) is 3. The van der Waals surface area contributed by atoms with Gasteiger partial charge in [0, 0.05) is 23.5 Å². The third-order valence-corrected chi connectivity index (χ3v) is 5.78. The Morgan fingerprint density at radius 1 is 1.06 bits per heavy atom. The van der Waals surface area contributed by atoms with Crippen molar-refractivity contribution >= 4 is 22.8 Å². The molecule has 0 bridgehead atoms. The molecule has 0 atom stereocenters. The molecule has 1 aromatic heterocycles. The van der Waals surface area contributed by atoms with Gasteiger partial charge in [-0.25, -0.2) is 4.79 Å². The van der Waals surface area contributed by atoms with Crippen molar-refractivity contribution in [3.63, 3.8) is 0 Å². The number of hydrogen-bond donors (Lipinski definition) is 0. The highest BCUT2D eigenvalue weighted by Crippen LogP contribution is 2.29. The van der Waals surface area contributed by atoms with Gasteiger partial charge >= 0.3 is 5.97 Å². The maximum Gasteiger partial charge on any atom is 0.333 e. The maximum absolute atomic E-state index is 13.4. The molecule has 1 saturated carbocycles. The summed E-state index contributed by atoms with van der Waals surface area (Å²) in [6.45, 7) is 5.47. The van der Waals surface area contributed by atoms with E-state index in [1.54, 1.807) is 11.7 Å². The van der Waals surface area contributed by atoms with Gasteiger partial charge in [0.25, 0.3) is 0 Å². The van der Waals surface area contributed by atoms with E-state index in [0.29, 0.717) is 23.2 Å². The zero-order chi connectivity index (χ0) is 21.8. The third-order valence-electron chi connectivity index (χ3n) is 5.78. The molecule has 0 saturated heterocycles. The van der Waals surface area contributed by atoms with Crippen molar-refractivity contribution in [2.75, 3.05) is 6.61 Å². The molecule has 1 fully saturated rings. The van der Waals surface area contributed by atoms with Crippen molar-refractivity contribution in [3.05, 3.63) is 65.7 Å². The molecule has 0 unspecified atom stereocenters. The summed E-state index contributed by atoms with van der Waals surface area (Å²) in [5, 5.41) is 9.20. The van der Waals surface area contributed by atoms with E-state index in [-0.39, 0.29) is 18.3 Å². The standard InChI is InChI=1S/C25H27N3O3/c1-17(2)25(30)31-15-14-18-12-13-20(24(29)19-8-4-3-5-9-19)23(16-18)28-26-21-10-6-7-11-22(21)27-28/h6-7,10-13,16,19H,1,3-5,8-9,14-15H2,2H3. The molecule has 31 heavy (non-hydrogen) atoms. The Bertz CT molecular complexity index is 1090. The first-order valence-electron chi connectivity index (χ1n) is 10.8. The Morgan fingerprint density at radius 3 is 2.39 bits per heavy atom. The molecule has 0 N–H and O–H groups in total. The second-order valence-corrected chi connectivity index (χ2v) is 8.20. The number of ether oxygens (including phenoxy) is 1. The number of carbonyl (C=O) groups is 2. The first kappa shape index (κ1) is 21.0. The summed E-state index contributed by atoms with van der Waals surface area (Å²) < 4.78 is 5.23. The van der Waals surface area contributed by atoms with Crippen molar-refractivity contribution < 1.29 is 14.3 Å². The SMILES string of the molecule is C=C(C)C(=O)OCCc1ccc(C(=O)C2CCCCC2)c(-n2nc3ccccc3n2)c1. The molecule has 0 aliphatic heterocycles. The molecule has 4 rings (SSSR count). The zero-order valence-electron chi connectivity index (χ0n) is 17.8. The van der Waals surface area contributed by atoms with Crippen LogP contribution in [-0.2, 0) is 16.0 Å². The fourth-order valence-corrected chi connectivity index (χ4v) is 4.04. The van der Waals surface area contributed by atoms with Crippen molar-refractivity contribution in [2.24, 2.45) is 5.92 Å². The summed E-state index contributed by atoms with van der Waals surface area (Å²) in [5.74, 6) is -0.180. The van der Waals surface area contributed by atoms with Crippen molar-refractivity contribution in [3.8, 4) is 5.69 Å². The highest BCUT2D eigenvalue weighted by Gasteiger charge is 2.25. The molecular formula is C25H27N3O3. The van der Waals surface area contributed by atoms with Gasteiger partial charge in [-0.3, -0.25) is 4.79 Å². The normalized spacial score (nSPS) is 14.5. The van der Waals surface area contributed by atoms with Crippen LogP contribution in [0, 0.1) is 5.92 Å². The van der Waals surface area contributed by atoms with Crippen LogP contribution in [0.25, 0.3) is 16.7 Å². The number of hydrogen-bond acceptors (Lipinski definition) is 5. The second-order valence-electron chi connectivity index (χ2n) is 8.20. The van der Waals surface area contributed by atoms with E-state index in [2.05, 4.69) is 16.8 Å². The molecule has 6 heteroatoms. The summed E-state index contributed by atoms with van der Waals surface area (Å²) in [6, 6.07) is 13.4. The Kier molecular flexibility index (Phi) is 6.26. The van der Waals surface area contributed by atoms with Crippen LogP contribution in [-0.4, -0.2) is 33.4 Å². The van der Waals surface area contributed by atoms with Gasteiger partial charge < -0.3 is 4.74 Å². The minimum absolute atomic E-state index is 0.0554. The van der Waals surface area contributed by atoms with E-state index in [0.717, 1.165) is 42.3 Å². The molecular weight excluding hydrogens is 390 g/mol. The van der Waals surface area contributed by atoms with Crippen LogP contribution >= 0.6 is 0 Å². The van der Waals surface area contributed by atoms with Gasteiger partial charge in [-0.15, -0.1) is 15.0 Å². The molecule has 3 aromatic rings. The zero-order valence-corrected chi connectivity index (χ0v) is 17.8. The van der Waals surface area contributed by atoms with Crippen LogP contribution < -0.4 is 0 Å². The van der Waals surface area contributed by atoms with Gasteiger partial charge in [0.05, 0.1) is 12.3 Å². The largest absolute Gasteiger partial charge is 0.462 e. The van der Waals surface area contributed by atoms with E-state index in [9.17, 15) is 9.59 Å². The number of carbonyl (C=O) groups excluding carboxylic acids is 2. The first-order chi connectivity index (χ1) is 15.0. The highest BCUT2D eigenvalue weighted by atomic mass is 16.5. The molecule has 0 spiro atoms. The summed E-state index contributed by atoms with van der Waals surface area (Å²) in [6.07, 6.45) is 5.80. The number of ketones is 1. The molecule has 1 aliphatic rings. The quantitative estimate of drug-likeness (QED) is 0.312. The van der Waals surface area contributed by atoms with Crippen LogP contribution in [0.1, 0.15) is 54.9 Å². The molecule has 1 aliphatic carbocycles. The van der Waals surface area contributed by atoms with Crippen molar-refractivity contribution in [2.45, 2.75) is 45.4 Å². The Balaban J connectivity index is 1.66. The summed E-state index contributed by atoms with van der Waals surface area (Å²) in [7, 11) is 0. The van der Waals surface area contributed by atoms with Crippen LogP contribution in [0.3, 0.4) is 0 Å². The van der Waals surface area contributed by atoms with Gasteiger partial charge in [0.2, 0.25) is 0 Å². The predicted octanol–water partition coefficient (Wildman–Crippen LogP) is 4.85. The summed E-state index contributed by atoms with van der Waals surface area (Å²) >= 11 is 0. The summed E-state index contributed by atoms with van der Waals surface area (Å²) in [4.78, 5) is 26.6. The topological polar surface area (TPSA) is 74.1 Å². The lowest BCUT2D eigenvalue weighted by Gasteiger charge is -2.21. The fraction of sp³-hybridized carbons (Fsp3) is 0.360. The molecule has 160 valence electrons. The lowest BCUT2D eigenvalue weighted by atomic mass is 9.83. The smallest absolute Gasteiger partial charge is 0.333 e. The van der Waals surface area contributed by atoms with E-state index in [1.807, 2.05) is 42.5 Å². The molecule has 2 aromatic carbocycles. The number of rotatable bonds is 7. The Labute approximate surface area is 181 Å². The minimum atomic E-state index is -0.399. The van der Waals surface area contributed by atoms with Crippen molar-refractivity contribution in [1.29, 1.82) is 0 Å². The summed E-state index contributed by atoms with van der Waals surface area (Å²) in [5.41, 5.74) is 4.21.